The number of methoxy groups -OCH3 is 1. The van der Waals surface area contributed by atoms with Gasteiger partial charge in [-0.05, 0) is 64.3 Å². The van der Waals surface area contributed by atoms with Gasteiger partial charge in [0, 0.05) is 28.6 Å². The summed E-state index contributed by atoms with van der Waals surface area (Å²) >= 11 is 0. The lowest BCUT2D eigenvalue weighted by Crippen LogP contribution is -1.95. The van der Waals surface area contributed by atoms with Crippen molar-refractivity contribution in [1.82, 2.24) is 0 Å². The van der Waals surface area contributed by atoms with Crippen LogP contribution in [0.3, 0.4) is 0 Å². The SMILES string of the molecule is COc1cc(O)cc(-c2cc3ccc(O)cc3o2)c1CC=C(C)CCC=C(C)C. The first-order valence-electron chi connectivity index (χ1n) is 9.79. The average molecular weight is 392 g/mol. The zero-order valence-electron chi connectivity index (χ0n) is 17.5. The minimum Gasteiger partial charge on any atom is -0.508 e. The second-order valence-corrected chi connectivity index (χ2v) is 7.58. The van der Waals surface area contributed by atoms with Crippen LogP contribution in [-0.2, 0) is 6.42 Å². The van der Waals surface area contributed by atoms with E-state index in [1.807, 2.05) is 12.1 Å². The fraction of sp³-hybridized carbons (Fsp3) is 0.280. The monoisotopic (exact) mass is 392 g/mol. The summed E-state index contributed by atoms with van der Waals surface area (Å²) in [5.74, 6) is 1.53. The van der Waals surface area contributed by atoms with Gasteiger partial charge in [0.2, 0.25) is 0 Å². The van der Waals surface area contributed by atoms with Crippen LogP contribution in [0, 0.1) is 0 Å². The maximum absolute atomic E-state index is 10.2. The molecule has 0 fully saturated rings. The number of aromatic hydroxyl groups is 2. The lowest BCUT2D eigenvalue weighted by molar-refractivity contribution is 0.403. The highest BCUT2D eigenvalue weighted by atomic mass is 16.5. The van der Waals surface area contributed by atoms with E-state index in [-0.39, 0.29) is 11.5 Å². The molecule has 0 unspecified atom stereocenters. The largest absolute Gasteiger partial charge is 0.508 e. The number of phenolic OH excluding ortho intramolecular Hbond substituents is 2. The van der Waals surface area contributed by atoms with Gasteiger partial charge in [-0.2, -0.15) is 0 Å². The molecule has 1 aromatic heterocycles. The number of allylic oxidation sites excluding steroid dienone is 4. The Morgan fingerprint density at radius 1 is 1.00 bits per heavy atom. The highest BCUT2D eigenvalue weighted by Crippen LogP contribution is 2.38. The molecule has 2 N–H and O–H groups in total. The summed E-state index contributed by atoms with van der Waals surface area (Å²) in [5, 5.41) is 20.8. The summed E-state index contributed by atoms with van der Waals surface area (Å²) in [7, 11) is 1.60. The summed E-state index contributed by atoms with van der Waals surface area (Å²) in [4.78, 5) is 0. The van der Waals surface area contributed by atoms with Crippen molar-refractivity contribution in [3.05, 3.63) is 65.3 Å². The van der Waals surface area contributed by atoms with Crippen molar-refractivity contribution in [2.75, 3.05) is 7.11 Å². The van der Waals surface area contributed by atoms with Gasteiger partial charge in [0.15, 0.2) is 0 Å². The third kappa shape index (κ3) is 5.02. The van der Waals surface area contributed by atoms with Gasteiger partial charge < -0.3 is 19.4 Å². The molecule has 2 aromatic carbocycles. The molecule has 3 aromatic rings. The first-order valence-corrected chi connectivity index (χ1v) is 9.79. The van der Waals surface area contributed by atoms with Crippen molar-refractivity contribution >= 4 is 11.0 Å². The van der Waals surface area contributed by atoms with E-state index in [0.717, 1.165) is 29.4 Å². The van der Waals surface area contributed by atoms with E-state index in [4.69, 9.17) is 9.15 Å². The van der Waals surface area contributed by atoms with Crippen molar-refractivity contribution < 1.29 is 19.4 Å². The zero-order valence-corrected chi connectivity index (χ0v) is 17.5. The summed E-state index contributed by atoms with van der Waals surface area (Å²) in [6.07, 6.45) is 7.14. The van der Waals surface area contributed by atoms with Crippen molar-refractivity contribution in [3.63, 3.8) is 0 Å². The van der Waals surface area contributed by atoms with Crippen molar-refractivity contribution in [2.45, 2.75) is 40.0 Å². The number of furan rings is 1. The van der Waals surface area contributed by atoms with Crippen LogP contribution in [0.4, 0.5) is 0 Å². The Kier molecular flexibility index (Phi) is 6.32. The summed E-state index contributed by atoms with van der Waals surface area (Å²) in [5.41, 5.74) is 4.97. The molecule has 4 nitrogen and oxygen atoms in total. The number of hydrogen-bond donors (Lipinski definition) is 2. The van der Waals surface area contributed by atoms with E-state index in [1.54, 1.807) is 31.4 Å². The molecule has 0 saturated heterocycles. The van der Waals surface area contributed by atoms with Crippen LogP contribution in [0.2, 0.25) is 0 Å². The highest BCUT2D eigenvalue weighted by Gasteiger charge is 2.16. The van der Waals surface area contributed by atoms with E-state index in [9.17, 15) is 10.2 Å². The minimum atomic E-state index is 0.119. The Bertz CT molecular complexity index is 1070. The molecule has 0 spiro atoms. The van der Waals surface area contributed by atoms with Crippen molar-refractivity contribution in [2.24, 2.45) is 0 Å². The molecule has 0 aliphatic carbocycles. The van der Waals surface area contributed by atoms with E-state index in [0.29, 0.717) is 23.5 Å². The first kappa shape index (κ1) is 20.6. The smallest absolute Gasteiger partial charge is 0.138 e. The molecule has 0 radical (unpaired) electrons. The second kappa shape index (κ2) is 8.91. The molecular formula is C25H28O4. The number of hydrogen-bond acceptors (Lipinski definition) is 4. The molecular weight excluding hydrogens is 364 g/mol. The lowest BCUT2D eigenvalue weighted by atomic mass is 9.98. The first-order chi connectivity index (χ1) is 13.9. The molecule has 0 aliphatic heterocycles. The Hall–Kier alpha value is -3.14. The van der Waals surface area contributed by atoms with E-state index >= 15 is 0 Å². The Balaban J connectivity index is 1.98. The van der Waals surface area contributed by atoms with E-state index in [2.05, 4.69) is 32.9 Å². The third-order valence-electron chi connectivity index (χ3n) is 4.93. The van der Waals surface area contributed by atoms with Crippen molar-refractivity contribution in [3.8, 4) is 28.6 Å². The van der Waals surface area contributed by atoms with Gasteiger partial charge in [-0.15, -0.1) is 0 Å². The highest BCUT2D eigenvalue weighted by molar-refractivity contribution is 5.85. The van der Waals surface area contributed by atoms with Crippen LogP contribution in [0.15, 0.2) is 64.1 Å². The standard InChI is InChI=1S/C25H28O4/c1-16(2)6-5-7-17(3)8-11-21-22(13-20(27)15-24(21)28-4)25-12-18-9-10-19(26)14-23(18)29-25/h6,8-10,12-15,26-27H,5,7,11H2,1-4H3. The molecule has 4 heteroatoms. The zero-order chi connectivity index (χ0) is 21.0. The van der Waals surface area contributed by atoms with Crippen LogP contribution in [0.5, 0.6) is 17.2 Å². The molecule has 3 rings (SSSR count). The second-order valence-electron chi connectivity index (χ2n) is 7.58. The predicted octanol–water partition coefficient (Wildman–Crippen LogP) is 6.75. The molecule has 0 saturated carbocycles. The van der Waals surface area contributed by atoms with Crippen molar-refractivity contribution in [1.29, 1.82) is 0 Å². The Labute approximate surface area is 171 Å². The fourth-order valence-corrected chi connectivity index (χ4v) is 3.36. The molecule has 0 aliphatic rings. The number of ether oxygens (including phenoxy) is 1. The van der Waals surface area contributed by atoms with Gasteiger partial charge in [0.25, 0.3) is 0 Å². The summed E-state index contributed by atoms with van der Waals surface area (Å²) < 4.78 is 11.5. The molecule has 0 bridgehead atoms. The van der Waals surface area contributed by atoms with Gasteiger partial charge >= 0.3 is 0 Å². The fourth-order valence-electron chi connectivity index (χ4n) is 3.36. The van der Waals surface area contributed by atoms with Crippen LogP contribution in [-0.4, -0.2) is 17.3 Å². The van der Waals surface area contributed by atoms with Gasteiger partial charge in [0.1, 0.15) is 28.6 Å². The number of fused-ring (bicyclic) bond motifs is 1. The molecule has 0 atom stereocenters. The number of rotatable bonds is 7. The average Bonchev–Trinajstić information content (AvgIpc) is 3.09. The quantitative estimate of drug-likeness (QED) is 0.436. The maximum Gasteiger partial charge on any atom is 0.138 e. The van der Waals surface area contributed by atoms with Crippen LogP contribution < -0.4 is 4.74 Å². The number of phenols is 2. The molecule has 29 heavy (non-hydrogen) atoms. The molecule has 0 amide bonds. The topological polar surface area (TPSA) is 62.8 Å². The lowest BCUT2D eigenvalue weighted by Gasteiger charge is -2.13. The maximum atomic E-state index is 10.2. The number of benzene rings is 2. The summed E-state index contributed by atoms with van der Waals surface area (Å²) in [6.45, 7) is 6.36. The van der Waals surface area contributed by atoms with Gasteiger partial charge in [-0.3, -0.25) is 0 Å². The van der Waals surface area contributed by atoms with Gasteiger partial charge in [-0.25, -0.2) is 0 Å². The van der Waals surface area contributed by atoms with Gasteiger partial charge in [0.05, 0.1) is 7.11 Å². The Morgan fingerprint density at radius 2 is 1.79 bits per heavy atom. The van der Waals surface area contributed by atoms with E-state index in [1.165, 1.54) is 11.1 Å². The third-order valence-corrected chi connectivity index (χ3v) is 4.93. The predicted molar refractivity (Wildman–Crippen MR) is 118 cm³/mol. The van der Waals surface area contributed by atoms with Crippen LogP contribution in [0.25, 0.3) is 22.3 Å². The Morgan fingerprint density at radius 3 is 2.52 bits per heavy atom. The normalized spacial score (nSPS) is 11.7. The summed E-state index contributed by atoms with van der Waals surface area (Å²) in [6, 6.07) is 10.3. The van der Waals surface area contributed by atoms with E-state index < -0.39 is 0 Å². The van der Waals surface area contributed by atoms with Gasteiger partial charge in [-0.1, -0.05) is 23.3 Å². The van der Waals surface area contributed by atoms with Crippen LogP contribution >= 0.6 is 0 Å². The minimum absolute atomic E-state index is 0.119. The van der Waals surface area contributed by atoms with Crippen LogP contribution in [0.1, 0.15) is 39.2 Å². The molecule has 152 valence electrons. The molecule has 1 heterocycles.